The van der Waals surface area contributed by atoms with Crippen LogP contribution in [-0.4, -0.2) is 50.6 Å². The zero-order chi connectivity index (χ0) is 27.1. The Morgan fingerprint density at radius 2 is 1.85 bits per heavy atom. The molecule has 206 valence electrons. The van der Waals surface area contributed by atoms with Gasteiger partial charge in [0.25, 0.3) is 0 Å². The fraction of sp³-hybridized carbons (Fsp3) is 0.484. The molecule has 3 aromatic rings. The minimum atomic E-state index is -0.975. The molecule has 6 rings (SSSR count). The van der Waals surface area contributed by atoms with E-state index in [1.165, 1.54) is 10.5 Å². The van der Waals surface area contributed by atoms with E-state index < -0.39 is 6.09 Å². The lowest BCUT2D eigenvalue weighted by atomic mass is 9.91. The molecule has 2 unspecified atom stereocenters. The number of carbonyl (C=O) groups is 1. The van der Waals surface area contributed by atoms with Crippen molar-refractivity contribution in [1.29, 1.82) is 0 Å². The van der Waals surface area contributed by atoms with Crippen molar-refractivity contribution in [2.75, 3.05) is 11.4 Å². The topological polar surface area (TPSA) is 70.8 Å². The van der Waals surface area contributed by atoms with Crippen LogP contribution in [0.3, 0.4) is 0 Å². The molecule has 7 nitrogen and oxygen atoms in total. The molecule has 0 bridgehead atoms. The van der Waals surface area contributed by atoms with E-state index in [0.717, 1.165) is 50.8 Å². The van der Waals surface area contributed by atoms with Gasteiger partial charge in [0.1, 0.15) is 5.75 Å². The number of halogens is 1. The van der Waals surface area contributed by atoms with Crippen molar-refractivity contribution in [1.82, 2.24) is 14.7 Å². The van der Waals surface area contributed by atoms with Crippen molar-refractivity contribution in [3.8, 4) is 16.9 Å². The Kier molecular flexibility index (Phi) is 7.06. The molecule has 1 aliphatic carbocycles. The van der Waals surface area contributed by atoms with E-state index in [2.05, 4.69) is 41.2 Å². The third kappa shape index (κ3) is 4.91. The number of rotatable bonds is 6. The Bertz CT molecular complexity index is 1340. The number of aromatic nitrogens is 2. The van der Waals surface area contributed by atoms with Gasteiger partial charge >= 0.3 is 6.09 Å². The minimum absolute atomic E-state index is 0.0160. The van der Waals surface area contributed by atoms with Crippen LogP contribution < -0.4 is 9.64 Å². The average molecular weight is 533 g/mol. The molecule has 8 heteroatoms. The van der Waals surface area contributed by atoms with Crippen molar-refractivity contribution in [3.63, 3.8) is 0 Å². The summed E-state index contributed by atoms with van der Waals surface area (Å²) >= 11 is 0. The maximum atomic E-state index is 16.1. The second-order valence-corrected chi connectivity index (χ2v) is 11.4. The van der Waals surface area contributed by atoms with Crippen molar-refractivity contribution >= 4 is 11.8 Å². The van der Waals surface area contributed by atoms with Crippen LogP contribution in [0.2, 0.25) is 0 Å². The number of piperidine rings is 1. The van der Waals surface area contributed by atoms with Crippen molar-refractivity contribution in [3.05, 3.63) is 65.7 Å². The number of anilines is 1. The molecule has 39 heavy (non-hydrogen) atoms. The van der Waals surface area contributed by atoms with Crippen LogP contribution in [-0.2, 0) is 13.0 Å². The van der Waals surface area contributed by atoms with Gasteiger partial charge in [0.05, 0.1) is 29.6 Å². The number of nitrogens with zero attached hydrogens (tertiary/aromatic N) is 4. The first-order valence-electron chi connectivity index (χ1n) is 14.3. The summed E-state index contributed by atoms with van der Waals surface area (Å²) in [5.74, 6) is 0.279. The number of hydrogen-bond acceptors (Lipinski definition) is 4. The van der Waals surface area contributed by atoms with Crippen molar-refractivity contribution < 1.29 is 19.0 Å². The normalized spacial score (nSPS) is 23.8. The zero-order valence-electron chi connectivity index (χ0n) is 22.7. The Balaban J connectivity index is 1.28. The van der Waals surface area contributed by atoms with Gasteiger partial charge in [0.2, 0.25) is 5.95 Å². The second kappa shape index (κ2) is 10.6. The molecule has 2 aliphatic heterocycles. The number of ether oxygens (including phenoxy) is 1. The summed E-state index contributed by atoms with van der Waals surface area (Å²) in [5.41, 5.74) is 3.88. The lowest BCUT2D eigenvalue weighted by Crippen LogP contribution is -2.41. The van der Waals surface area contributed by atoms with Gasteiger partial charge in [0, 0.05) is 36.3 Å². The van der Waals surface area contributed by atoms with Crippen molar-refractivity contribution in [2.45, 2.75) is 89.6 Å². The van der Waals surface area contributed by atoms with Crippen LogP contribution in [0.5, 0.6) is 5.75 Å². The highest BCUT2D eigenvalue weighted by Gasteiger charge is 2.35. The fourth-order valence-electron chi connectivity index (χ4n) is 6.35. The van der Waals surface area contributed by atoms with E-state index >= 15 is 4.39 Å². The van der Waals surface area contributed by atoms with E-state index in [4.69, 9.17) is 4.74 Å². The molecule has 3 aliphatic rings. The second-order valence-electron chi connectivity index (χ2n) is 11.4. The summed E-state index contributed by atoms with van der Waals surface area (Å²) < 4.78 is 24.1. The molecular formula is C31H37FN4O3. The quantitative estimate of drug-likeness (QED) is 0.384. The first-order valence-corrected chi connectivity index (χ1v) is 14.3. The highest BCUT2D eigenvalue weighted by Crippen LogP contribution is 2.45. The molecule has 1 N–H and O–H groups in total. The molecule has 0 radical (unpaired) electrons. The third-order valence-electron chi connectivity index (χ3n) is 8.88. The summed E-state index contributed by atoms with van der Waals surface area (Å²) in [6.07, 6.45) is 6.81. The van der Waals surface area contributed by atoms with Gasteiger partial charge in [-0.15, -0.1) is 0 Å². The van der Waals surface area contributed by atoms with Crippen LogP contribution in [0.15, 0.2) is 48.7 Å². The minimum Gasteiger partial charge on any atom is -0.489 e. The van der Waals surface area contributed by atoms with E-state index in [9.17, 15) is 9.90 Å². The highest BCUT2D eigenvalue weighted by molar-refractivity contribution is 5.91. The Morgan fingerprint density at radius 1 is 1.05 bits per heavy atom. The zero-order valence-corrected chi connectivity index (χ0v) is 22.7. The van der Waals surface area contributed by atoms with Gasteiger partial charge in [0.15, 0.2) is 0 Å². The van der Waals surface area contributed by atoms with Gasteiger partial charge in [-0.2, -0.15) is 9.49 Å². The number of likely N-dealkylation sites (tertiary alicyclic amines) is 1. The lowest BCUT2D eigenvalue weighted by molar-refractivity contribution is 0.109. The number of carboxylic acid groups (broad SMARTS) is 1. The molecule has 1 saturated heterocycles. The Hall–Kier alpha value is -3.39. The largest absolute Gasteiger partial charge is 0.489 e. The average Bonchev–Trinajstić information content (AvgIpc) is 3.28. The predicted molar refractivity (Wildman–Crippen MR) is 149 cm³/mol. The van der Waals surface area contributed by atoms with Crippen LogP contribution in [0.1, 0.15) is 69.5 Å². The standard InChI is InChI=1S/C31H37FN4O3/c1-20-11-12-26-28(35(20)31(37)38)14-13-25(29(26)39-24-9-6-10-24)27-18-33-36(30(27)32)23-15-16-34(21(2)17-23)19-22-7-4-3-5-8-22/h3-5,7-8,13-14,18,20-21,23-24H,6,9-12,15-17,19H2,1-2H3,(H,37,38)/t20-,21?,23?/m0/s1. The molecular weight excluding hydrogens is 495 g/mol. The molecule has 1 saturated carbocycles. The van der Waals surface area contributed by atoms with Gasteiger partial charge in [-0.25, -0.2) is 9.48 Å². The van der Waals surface area contributed by atoms with Crippen LogP contribution in [0.25, 0.3) is 11.1 Å². The monoisotopic (exact) mass is 532 g/mol. The van der Waals surface area contributed by atoms with E-state index in [0.29, 0.717) is 41.4 Å². The van der Waals surface area contributed by atoms with Crippen LogP contribution in [0, 0.1) is 5.95 Å². The number of benzene rings is 2. The van der Waals surface area contributed by atoms with E-state index in [1.54, 1.807) is 10.9 Å². The van der Waals surface area contributed by atoms with E-state index in [1.807, 2.05) is 25.1 Å². The van der Waals surface area contributed by atoms with Crippen LogP contribution in [0.4, 0.5) is 14.9 Å². The molecule has 2 aromatic carbocycles. The molecule has 1 aromatic heterocycles. The van der Waals surface area contributed by atoms with Gasteiger partial charge in [-0.05, 0) is 76.5 Å². The first-order chi connectivity index (χ1) is 18.9. The lowest BCUT2D eigenvalue weighted by Gasteiger charge is -2.37. The van der Waals surface area contributed by atoms with Crippen LogP contribution >= 0.6 is 0 Å². The molecule has 3 atom stereocenters. The van der Waals surface area contributed by atoms with Gasteiger partial charge < -0.3 is 9.84 Å². The van der Waals surface area contributed by atoms with Crippen molar-refractivity contribution in [2.24, 2.45) is 0 Å². The summed E-state index contributed by atoms with van der Waals surface area (Å²) in [6, 6.07) is 14.3. The Morgan fingerprint density at radius 3 is 2.54 bits per heavy atom. The highest BCUT2D eigenvalue weighted by atomic mass is 19.1. The molecule has 3 heterocycles. The Labute approximate surface area is 229 Å². The summed E-state index contributed by atoms with van der Waals surface area (Å²) in [5, 5.41) is 14.4. The maximum absolute atomic E-state index is 16.1. The fourth-order valence-corrected chi connectivity index (χ4v) is 6.35. The van der Waals surface area contributed by atoms with Gasteiger partial charge in [-0.1, -0.05) is 30.3 Å². The maximum Gasteiger partial charge on any atom is 0.412 e. The van der Waals surface area contributed by atoms with Gasteiger partial charge in [-0.3, -0.25) is 9.80 Å². The number of amides is 1. The third-order valence-corrected chi connectivity index (χ3v) is 8.88. The molecule has 2 fully saturated rings. The summed E-state index contributed by atoms with van der Waals surface area (Å²) in [6.45, 7) is 5.91. The first kappa shape index (κ1) is 25.9. The smallest absolute Gasteiger partial charge is 0.412 e. The number of hydrogen-bond donors (Lipinski definition) is 1. The van der Waals surface area contributed by atoms with E-state index in [-0.39, 0.29) is 24.1 Å². The SMILES string of the molecule is CC1CC(n2ncc(-c3ccc4c(c3OC3CCC3)CC[C@H](C)N4C(=O)O)c2F)CCN1Cc1ccccc1. The number of fused-ring (bicyclic) bond motifs is 1. The predicted octanol–water partition coefficient (Wildman–Crippen LogP) is 6.67. The summed E-state index contributed by atoms with van der Waals surface area (Å²) in [7, 11) is 0. The molecule has 0 spiro atoms. The summed E-state index contributed by atoms with van der Waals surface area (Å²) in [4.78, 5) is 15.9. The molecule has 1 amide bonds.